The van der Waals surface area contributed by atoms with Crippen LogP contribution in [0, 0.1) is 0 Å². The van der Waals surface area contributed by atoms with Crippen molar-refractivity contribution >= 4 is 28.1 Å². The number of anilines is 1. The van der Waals surface area contributed by atoms with E-state index in [9.17, 15) is 0 Å². The summed E-state index contributed by atoms with van der Waals surface area (Å²) in [5, 5.41) is 1.82. The Kier molecular flexibility index (Phi) is 4.20. The van der Waals surface area contributed by atoms with Crippen LogP contribution in [0.3, 0.4) is 0 Å². The monoisotopic (exact) mass is 321 g/mol. The summed E-state index contributed by atoms with van der Waals surface area (Å²) in [6.45, 7) is 2.76. The zero-order valence-corrected chi connectivity index (χ0v) is 13.9. The minimum atomic E-state index is 0.229. The molecular formula is C16H20ClN3S. The molecule has 2 aromatic rings. The Morgan fingerprint density at radius 1 is 1.48 bits per heavy atom. The van der Waals surface area contributed by atoms with E-state index in [0.29, 0.717) is 12.5 Å². The van der Waals surface area contributed by atoms with Crippen LogP contribution in [0.15, 0.2) is 24.3 Å². The molecule has 1 heterocycles. The lowest BCUT2D eigenvalue weighted by molar-refractivity contribution is 0.734. The number of thiazole rings is 1. The molecule has 0 aliphatic heterocycles. The summed E-state index contributed by atoms with van der Waals surface area (Å²) < 4.78 is 0. The van der Waals surface area contributed by atoms with Crippen LogP contribution < -0.4 is 10.6 Å². The van der Waals surface area contributed by atoms with Crippen LogP contribution >= 0.6 is 22.9 Å². The lowest BCUT2D eigenvalue weighted by Gasteiger charge is -2.24. The van der Waals surface area contributed by atoms with Gasteiger partial charge in [0.15, 0.2) is 5.13 Å². The quantitative estimate of drug-likeness (QED) is 0.891. The van der Waals surface area contributed by atoms with Gasteiger partial charge >= 0.3 is 0 Å². The van der Waals surface area contributed by atoms with E-state index < -0.39 is 0 Å². The molecule has 0 radical (unpaired) electrons. The van der Waals surface area contributed by atoms with Crippen molar-refractivity contribution in [1.82, 2.24) is 4.98 Å². The van der Waals surface area contributed by atoms with Gasteiger partial charge in [0.1, 0.15) is 0 Å². The first-order chi connectivity index (χ1) is 10.1. The smallest absolute Gasteiger partial charge is 0.186 e. The van der Waals surface area contributed by atoms with Gasteiger partial charge in [-0.15, -0.1) is 11.3 Å². The van der Waals surface area contributed by atoms with Crippen LogP contribution in [-0.2, 0) is 6.54 Å². The summed E-state index contributed by atoms with van der Waals surface area (Å²) in [6, 6.07) is 8.24. The number of nitrogens with two attached hydrogens (primary N) is 1. The van der Waals surface area contributed by atoms with Gasteiger partial charge in [0.05, 0.1) is 11.7 Å². The van der Waals surface area contributed by atoms with Gasteiger partial charge in [0.2, 0.25) is 0 Å². The summed E-state index contributed by atoms with van der Waals surface area (Å²) in [7, 11) is 2.08. The first-order valence-electron chi connectivity index (χ1n) is 7.28. The van der Waals surface area contributed by atoms with Crippen LogP contribution in [0.1, 0.15) is 47.9 Å². The van der Waals surface area contributed by atoms with Crippen molar-refractivity contribution in [2.24, 2.45) is 5.73 Å². The number of rotatable bonds is 5. The van der Waals surface area contributed by atoms with Gasteiger partial charge in [-0.25, -0.2) is 4.98 Å². The van der Waals surface area contributed by atoms with Crippen LogP contribution in [0.2, 0.25) is 5.02 Å². The number of aromatic nitrogens is 1. The van der Waals surface area contributed by atoms with E-state index in [4.69, 9.17) is 22.3 Å². The molecule has 0 amide bonds. The molecular weight excluding hydrogens is 302 g/mol. The maximum absolute atomic E-state index is 6.09. The minimum Gasteiger partial charge on any atom is -0.344 e. The Bertz CT molecular complexity index is 636. The van der Waals surface area contributed by atoms with Crippen molar-refractivity contribution in [3.8, 4) is 0 Å². The van der Waals surface area contributed by atoms with E-state index in [1.165, 1.54) is 29.0 Å². The number of nitrogens with zero attached hydrogens (tertiary/aromatic N) is 2. The highest BCUT2D eigenvalue weighted by Gasteiger charge is 2.30. The fraction of sp³-hybridized carbons (Fsp3) is 0.438. The maximum atomic E-state index is 6.09. The van der Waals surface area contributed by atoms with E-state index in [-0.39, 0.29) is 6.04 Å². The van der Waals surface area contributed by atoms with E-state index in [1.807, 2.05) is 18.2 Å². The fourth-order valence-corrected chi connectivity index (χ4v) is 3.74. The van der Waals surface area contributed by atoms with Crippen molar-refractivity contribution < 1.29 is 0 Å². The molecule has 1 atom stereocenters. The zero-order valence-electron chi connectivity index (χ0n) is 12.3. The second-order valence-electron chi connectivity index (χ2n) is 5.63. The molecule has 3 rings (SSSR count). The molecule has 21 heavy (non-hydrogen) atoms. The number of benzene rings is 1. The molecule has 1 aromatic heterocycles. The summed E-state index contributed by atoms with van der Waals surface area (Å²) >= 11 is 7.81. The van der Waals surface area contributed by atoms with E-state index in [2.05, 4.69) is 24.9 Å². The first-order valence-corrected chi connectivity index (χ1v) is 8.47. The second-order valence-corrected chi connectivity index (χ2v) is 7.12. The third kappa shape index (κ3) is 3.07. The number of halogens is 1. The van der Waals surface area contributed by atoms with Crippen LogP contribution in [-0.4, -0.2) is 12.0 Å². The Hall–Kier alpha value is -1.10. The average molecular weight is 322 g/mol. The molecule has 1 fully saturated rings. The van der Waals surface area contributed by atoms with E-state index in [0.717, 1.165) is 10.2 Å². The lowest BCUT2D eigenvalue weighted by atomic mass is 10.1. The van der Waals surface area contributed by atoms with Crippen molar-refractivity contribution in [3.63, 3.8) is 0 Å². The highest BCUT2D eigenvalue weighted by Crippen LogP contribution is 2.44. The van der Waals surface area contributed by atoms with Crippen molar-refractivity contribution in [2.75, 3.05) is 11.9 Å². The van der Waals surface area contributed by atoms with Crippen LogP contribution in [0.5, 0.6) is 0 Å². The highest BCUT2D eigenvalue weighted by atomic mass is 35.5. The SMILES string of the molecule is CC(c1cccc(Cl)c1)N(C)c1nc(C2CC2)c(CN)s1. The third-order valence-electron chi connectivity index (χ3n) is 4.08. The summed E-state index contributed by atoms with van der Waals surface area (Å²) in [4.78, 5) is 8.29. The van der Waals surface area contributed by atoms with Crippen LogP contribution in [0.4, 0.5) is 5.13 Å². The molecule has 1 aliphatic carbocycles. The van der Waals surface area contributed by atoms with Gasteiger partial charge in [0.25, 0.3) is 0 Å². The van der Waals surface area contributed by atoms with Gasteiger partial charge in [-0.2, -0.15) is 0 Å². The average Bonchev–Trinajstić information content (AvgIpc) is 3.24. The molecule has 1 saturated carbocycles. The molecule has 1 aromatic carbocycles. The summed E-state index contributed by atoms with van der Waals surface area (Å²) in [5.74, 6) is 0.642. The number of hydrogen-bond acceptors (Lipinski definition) is 4. The Morgan fingerprint density at radius 2 is 2.24 bits per heavy atom. The molecule has 0 spiro atoms. The van der Waals surface area contributed by atoms with Crippen LogP contribution in [0.25, 0.3) is 0 Å². The minimum absolute atomic E-state index is 0.229. The fourth-order valence-electron chi connectivity index (χ4n) is 2.48. The predicted molar refractivity (Wildman–Crippen MR) is 90.3 cm³/mol. The van der Waals surface area contributed by atoms with Gasteiger partial charge in [0, 0.05) is 29.4 Å². The Balaban J connectivity index is 1.85. The maximum Gasteiger partial charge on any atom is 0.186 e. The van der Waals surface area contributed by atoms with E-state index >= 15 is 0 Å². The zero-order chi connectivity index (χ0) is 15.0. The molecule has 112 valence electrons. The standard InChI is InChI=1S/C16H20ClN3S/c1-10(12-4-3-5-13(17)8-12)20(2)16-19-15(11-6-7-11)14(9-18)21-16/h3-5,8,10-11H,6-7,9,18H2,1-2H3. The topological polar surface area (TPSA) is 42.2 Å². The first kappa shape index (κ1) is 14.8. The van der Waals surface area contributed by atoms with E-state index in [1.54, 1.807) is 11.3 Å². The van der Waals surface area contributed by atoms with Gasteiger partial charge < -0.3 is 10.6 Å². The van der Waals surface area contributed by atoms with Crippen molar-refractivity contribution in [3.05, 3.63) is 45.4 Å². The molecule has 1 aliphatic rings. The molecule has 0 saturated heterocycles. The number of hydrogen-bond donors (Lipinski definition) is 1. The molecule has 1 unspecified atom stereocenters. The lowest BCUT2D eigenvalue weighted by Crippen LogP contribution is -2.21. The third-order valence-corrected chi connectivity index (χ3v) is 5.50. The molecule has 0 bridgehead atoms. The van der Waals surface area contributed by atoms with Gasteiger partial charge in [-0.1, -0.05) is 23.7 Å². The molecule has 2 N–H and O–H groups in total. The summed E-state index contributed by atoms with van der Waals surface area (Å²) in [5.41, 5.74) is 8.29. The largest absolute Gasteiger partial charge is 0.344 e. The Morgan fingerprint density at radius 3 is 2.86 bits per heavy atom. The van der Waals surface area contributed by atoms with Gasteiger partial charge in [-0.05, 0) is 37.5 Å². The highest BCUT2D eigenvalue weighted by molar-refractivity contribution is 7.15. The second kappa shape index (κ2) is 5.95. The normalized spacial score (nSPS) is 16.0. The van der Waals surface area contributed by atoms with Crippen molar-refractivity contribution in [1.29, 1.82) is 0 Å². The molecule has 5 heteroatoms. The van der Waals surface area contributed by atoms with Crippen molar-refractivity contribution in [2.45, 2.75) is 38.3 Å². The molecule has 3 nitrogen and oxygen atoms in total. The summed E-state index contributed by atoms with van der Waals surface area (Å²) in [6.07, 6.45) is 2.51. The predicted octanol–water partition coefficient (Wildman–Crippen LogP) is 4.33. The van der Waals surface area contributed by atoms with Gasteiger partial charge in [-0.3, -0.25) is 0 Å². The Labute approximate surface area is 134 Å².